The van der Waals surface area contributed by atoms with Gasteiger partial charge in [0.15, 0.2) is 5.82 Å². The van der Waals surface area contributed by atoms with Gasteiger partial charge in [0.25, 0.3) is 0 Å². The highest BCUT2D eigenvalue weighted by atomic mass is 35.5. The van der Waals surface area contributed by atoms with E-state index in [4.69, 9.17) is 11.6 Å². The summed E-state index contributed by atoms with van der Waals surface area (Å²) in [7, 11) is 0. The molecule has 0 bridgehead atoms. The molecule has 0 spiro atoms. The van der Waals surface area contributed by atoms with Crippen LogP contribution in [0.3, 0.4) is 0 Å². The zero-order valence-electron chi connectivity index (χ0n) is 16.3. The largest absolute Gasteiger partial charge is 0.324 e. The number of aromatic nitrogens is 3. The van der Waals surface area contributed by atoms with Gasteiger partial charge in [0, 0.05) is 5.56 Å². The van der Waals surface area contributed by atoms with Crippen LogP contribution in [-0.2, 0) is 4.79 Å². The molecule has 2 heterocycles. The number of thioether (sulfide) groups is 1. The highest BCUT2D eigenvalue weighted by Gasteiger charge is 2.38. The number of hydrogen-bond acceptors (Lipinski definition) is 5. The maximum absolute atomic E-state index is 13.3. The number of halogens is 1. The normalized spacial score (nSPS) is 17.5. The molecule has 0 saturated carbocycles. The minimum Gasteiger partial charge on any atom is -0.324 e. The minimum atomic E-state index is -0.473. The molecule has 1 amide bonds. The fourth-order valence-electron chi connectivity index (χ4n) is 3.51. The van der Waals surface area contributed by atoms with Gasteiger partial charge in [-0.05, 0) is 17.7 Å². The van der Waals surface area contributed by atoms with Crippen molar-refractivity contribution in [3.05, 3.63) is 95.5 Å². The van der Waals surface area contributed by atoms with E-state index in [2.05, 4.69) is 20.9 Å². The molecule has 1 aliphatic heterocycles. The van der Waals surface area contributed by atoms with Crippen molar-refractivity contribution in [2.75, 3.05) is 10.7 Å². The predicted molar refractivity (Wildman–Crippen MR) is 124 cm³/mol. The third-order valence-electron chi connectivity index (χ3n) is 5.02. The van der Waals surface area contributed by atoms with Gasteiger partial charge in [-0.1, -0.05) is 96.2 Å². The first-order chi connectivity index (χ1) is 15.2. The first-order valence-electron chi connectivity index (χ1n) is 9.75. The quantitative estimate of drug-likeness (QED) is 0.460. The highest BCUT2D eigenvalue weighted by Crippen LogP contribution is 2.39. The van der Waals surface area contributed by atoms with Crippen LogP contribution in [0.5, 0.6) is 0 Å². The Bertz CT molecular complexity index is 1220. The Kier molecular flexibility index (Phi) is 5.36. The van der Waals surface area contributed by atoms with Crippen LogP contribution in [0.1, 0.15) is 11.6 Å². The van der Waals surface area contributed by atoms with Crippen molar-refractivity contribution < 1.29 is 4.79 Å². The van der Waals surface area contributed by atoms with E-state index in [9.17, 15) is 4.79 Å². The molecule has 31 heavy (non-hydrogen) atoms. The number of rotatable bonds is 4. The second kappa shape index (κ2) is 8.45. The van der Waals surface area contributed by atoms with E-state index in [-0.39, 0.29) is 11.9 Å². The number of anilines is 1. The number of carbonyl (C=O) groups excluding carboxylic acids is 1. The summed E-state index contributed by atoms with van der Waals surface area (Å²) in [4.78, 5) is 13.3. The van der Waals surface area contributed by atoms with Crippen molar-refractivity contribution in [3.63, 3.8) is 0 Å². The summed E-state index contributed by atoms with van der Waals surface area (Å²) in [5.74, 6) is 0.545. The summed E-state index contributed by atoms with van der Waals surface area (Å²) in [6.07, 6.45) is 0. The molecule has 2 N–H and O–H groups in total. The van der Waals surface area contributed by atoms with Gasteiger partial charge in [-0.15, -0.1) is 10.2 Å². The van der Waals surface area contributed by atoms with E-state index in [0.29, 0.717) is 21.7 Å². The van der Waals surface area contributed by atoms with Crippen LogP contribution in [0.2, 0.25) is 5.02 Å². The molecule has 4 aromatic rings. The maximum atomic E-state index is 13.3. The Morgan fingerprint density at radius 3 is 2.35 bits per heavy atom. The SMILES string of the molecule is O=C(Nc1ccccc1Cl)C1Sc2nnc(-c3ccccc3)n2NC1c1ccccc1. The predicted octanol–water partition coefficient (Wildman–Crippen LogP) is 5.00. The molecule has 0 fully saturated rings. The minimum absolute atomic E-state index is 0.157. The molecule has 6 nitrogen and oxygen atoms in total. The number of nitrogens with one attached hydrogen (secondary N) is 2. The Morgan fingerprint density at radius 1 is 0.935 bits per heavy atom. The van der Waals surface area contributed by atoms with Gasteiger partial charge in [-0.2, -0.15) is 0 Å². The van der Waals surface area contributed by atoms with Gasteiger partial charge in [0.1, 0.15) is 5.25 Å². The van der Waals surface area contributed by atoms with E-state index < -0.39 is 5.25 Å². The number of fused-ring (bicyclic) bond motifs is 1. The molecule has 1 aromatic heterocycles. The van der Waals surface area contributed by atoms with Crippen LogP contribution in [0.4, 0.5) is 5.69 Å². The lowest BCUT2D eigenvalue weighted by molar-refractivity contribution is -0.116. The van der Waals surface area contributed by atoms with Crippen molar-refractivity contribution >= 4 is 35.0 Å². The zero-order chi connectivity index (χ0) is 21.2. The van der Waals surface area contributed by atoms with Crippen LogP contribution in [-0.4, -0.2) is 26.0 Å². The zero-order valence-corrected chi connectivity index (χ0v) is 17.8. The van der Waals surface area contributed by atoms with E-state index >= 15 is 0 Å². The number of benzene rings is 3. The summed E-state index contributed by atoms with van der Waals surface area (Å²) in [5.41, 5.74) is 5.99. The first-order valence-corrected chi connectivity index (χ1v) is 11.0. The van der Waals surface area contributed by atoms with Gasteiger partial charge in [0.05, 0.1) is 16.8 Å². The van der Waals surface area contributed by atoms with E-state index in [1.54, 1.807) is 12.1 Å². The molecule has 0 saturated heterocycles. The number of amides is 1. The van der Waals surface area contributed by atoms with E-state index in [0.717, 1.165) is 11.1 Å². The van der Waals surface area contributed by atoms with Gasteiger partial charge in [0.2, 0.25) is 11.1 Å². The topological polar surface area (TPSA) is 71.8 Å². The number of para-hydroxylation sites is 1. The molecule has 8 heteroatoms. The van der Waals surface area contributed by atoms with Gasteiger partial charge >= 0.3 is 0 Å². The van der Waals surface area contributed by atoms with Crippen molar-refractivity contribution in [1.29, 1.82) is 0 Å². The van der Waals surface area contributed by atoms with Crippen LogP contribution in [0.15, 0.2) is 90.1 Å². The van der Waals surface area contributed by atoms with Crippen molar-refractivity contribution in [2.24, 2.45) is 0 Å². The standard InChI is InChI=1S/C23H18ClN5OS/c24-17-13-7-8-14-18(17)25-22(30)20-19(15-9-3-1-4-10-15)28-29-21(26-27-23(29)31-20)16-11-5-2-6-12-16/h1-14,19-20,28H,(H,25,30). The van der Waals surface area contributed by atoms with Crippen molar-refractivity contribution in [3.8, 4) is 11.4 Å². The molecule has 1 aliphatic rings. The maximum Gasteiger partial charge on any atom is 0.240 e. The average Bonchev–Trinajstić information content (AvgIpc) is 3.24. The third kappa shape index (κ3) is 3.89. The number of hydrogen-bond donors (Lipinski definition) is 2. The lowest BCUT2D eigenvalue weighted by Gasteiger charge is -2.33. The molecule has 2 unspecified atom stereocenters. The van der Waals surface area contributed by atoms with Crippen LogP contribution < -0.4 is 10.7 Å². The molecule has 0 radical (unpaired) electrons. The number of nitrogens with zero attached hydrogens (tertiary/aromatic N) is 3. The summed E-state index contributed by atoms with van der Waals surface area (Å²) in [6.45, 7) is 0. The second-order valence-corrected chi connectivity index (χ2v) is 8.55. The molecular formula is C23H18ClN5OS. The monoisotopic (exact) mass is 447 g/mol. The van der Waals surface area contributed by atoms with E-state index in [1.165, 1.54) is 11.8 Å². The van der Waals surface area contributed by atoms with Crippen molar-refractivity contribution in [1.82, 2.24) is 14.9 Å². The molecular weight excluding hydrogens is 430 g/mol. The van der Waals surface area contributed by atoms with Gasteiger partial charge < -0.3 is 10.7 Å². The second-order valence-electron chi connectivity index (χ2n) is 7.03. The average molecular weight is 448 g/mol. The summed E-state index contributed by atoms with van der Waals surface area (Å²) in [5, 5.41) is 12.3. The summed E-state index contributed by atoms with van der Waals surface area (Å²) >= 11 is 7.63. The van der Waals surface area contributed by atoms with Crippen LogP contribution >= 0.6 is 23.4 Å². The lowest BCUT2D eigenvalue weighted by Crippen LogP contribution is -2.41. The Hall–Kier alpha value is -3.29. The summed E-state index contributed by atoms with van der Waals surface area (Å²) < 4.78 is 1.86. The molecule has 2 atom stereocenters. The van der Waals surface area contributed by atoms with Crippen LogP contribution in [0.25, 0.3) is 11.4 Å². The smallest absolute Gasteiger partial charge is 0.240 e. The third-order valence-corrected chi connectivity index (χ3v) is 6.56. The van der Waals surface area contributed by atoms with Gasteiger partial charge in [-0.25, -0.2) is 4.68 Å². The Morgan fingerprint density at radius 2 is 1.61 bits per heavy atom. The molecule has 5 rings (SSSR count). The van der Waals surface area contributed by atoms with Crippen LogP contribution in [0, 0.1) is 0 Å². The molecule has 0 aliphatic carbocycles. The first kappa shape index (κ1) is 19.7. The Balaban J connectivity index is 1.51. The molecule has 3 aromatic carbocycles. The molecule has 154 valence electrons. The number of carbonyl (C=O) groups is 1. The lowest BCUT2D eigenvalue weighted by atomic mass is 10.0. The highest BCUT2D eigenvalue weighted by molar-refractivity contribution is 8.00. The van der Waals surface area contributed by atoms with Crippen molar-refractivity contribution in [2.45, 2.75) is 16.4 Å². The van der Waals surface area contributed by atoms with E-state index in [1.807, 2.05) is 77.5 Å². The Labute approximate surface area is 188 Å². The fourth-order valence-corrected chi connectivity index (χ4v) is 4.77. The fraction of sp³-hybridized carbons (Fsp3) is 0.0870. The summed E-state index contributed by atoms with van der Waals surface area (Å²) in [6, 6.07) is 26.7. The van der Waals surface area contributed by atoms with Gasteiger partial charge in [-0.3, -0.25) is 4.79 Å².